The lowest BCUT2D eigenvalue weighted by atomic mass is 10.2. The molecule has 0 bridgehead atoms. The van der Waals surface area contributed by atoms with E-state index in [0.29, 0.717) is 13.2 Å². The number of imidazole rings is 1. The highest BCUT2D eigenvalue weighted by molar-refractivity contribution is 5.93. The molecule has 0 amide bonds. The van der Waals surface area contributed by atoms with Gasteiger partial charge in [-0.15, -0.1) is 0 Å². The molecule has 2 aromatic rings. The van der Waals surface area contributed by atoms with Gasteiger partial charge in [-0.3, -0.25) is 4.99 Å². The number of nitrogens with zero attached hydrogens (tertiary/aromatic N) is 3. The van der Waals surface area contributed by atoms with Crippen molar-refractivity contribution in [2.75, 3.05) is 32.1 Å². The van der Waals surface area contributed by atoms with Crippen LogP contribution in [-0.2, 0) is 6.54 Å². The van der Waals surface area contributed by atoms with E-state index in [2.05, 4.69) is 25.2 Å². The SMILES string of the molecule is CN=C(NCCCCn1ccnc1C)Nc1ccc2c(c1)OCCCO2. The van der Waals surface area contributed by atoms with Crippen molar-refractivity contribution in [3.63, 3.8) is 0 Å². The molecule has 140 valence electrons. The first-order valence-corrected chi connectivity index (χ1v) is 9.11. The number of unbranched alkanes of at least 4 members (excludes halogenated alkanes) is 1. The Morgan fingerprint density at radius 1 is 1.23 bits per heavy atom. The van der Waals surface area contributed by atoms with E-state index in [4.69, 9.17) is 9.47 Å². The number of fused-ring (bicyclic) bond motifs is 1. The van der Waals surface area contributed by atoms with Crippen LogP contribution in [0.3, 0.4) is 0 Å². The van der Waals surface area contributed by atoms with Gasteiger partial charge in [0.2, 0.25) is 0 Å². The Hall–Kier alpha value is -2.70. The molecular formula is C19H27N5O2. The summed E-state index contributed by atoms with van der Waals surface area (Å²) in [7, 11) is 1.77. The monoisotopic (exact) mass is 357 g/mol. The van der Waals surface area contributed by atoms with Crippen LogP contribution in [0.2, 0.25) is 0 Å². The second-order valence-electron chi connectivity index (χ2n) is 6.21. The quantitative estimate of drug-likeness (QED) is 0.472. The predicted molar refractivity (Wildman–Crippen MR) is 103 cm³/mol. The number of benzene rings is 1. The molecule has 0 saturated heterocycles. The number of ether oxygens (including phenoxy) is 2. The summed E-state index contributed by atoms with van der Waals surface area (Å²) in [6, 6.07) is 5.86. The minimum absolute atomic E-state index is 0.680. The fraction of sp³-hybridized carbons (Fsp3) is 0.474. The number of guanidine groups is 1. The molecule has 7 heteroatoms. The van der Waals surface area contributed by atoms with Crippen molar-refractivity contribution < 1.29 is 9.47 Å². The minimum atomic E-state index is 0.680. The molecule has 26 heavy (non-hydrogen) atoms. The predicted octanol–water partition coefficient (Wildman–Crippen LogP) is 2.82. The van der Waals surface area contributed by atoms with Gasteiger partial charge in [0.15, 0.2) is 17.5 Å². The summed E-state index contributed by atoms with van der Waals surface area (Å²) in [5.74, 6) is 3.38. The van der Waals surface area contributed by atoms with Crippen LogP contribution in [0.15, 0.2) is 35.6 Å². The van der Waals surface area contributed by atoms with Gasteiger partial charge in [0.05, 0.1) is 13.2 Å². The largest absolute Gasteiger partial charge is 0.490 e. The summed E-state index contributed by atoms with van der Waals surface area (Å²) in [5, 5.41) is 6.65. The topological polar surface area (TPSA) is 72.7 Å². The van der Waals surface area contributed by atoms with Gasteiger partial charge in [0.1, 0.15) is 5.82 Å². The Balaban J connectivity index is 1.44. The molecule has 0 saturated carbocycles. The number of hydrogen-bond donors (Lipinski definition) is 2. The molecule has 3 rings (SSSR count). The zero-order valence-corrected chi connectivity index (χ0v) is 15.5. The minimum Gasteiger partial charge on any atom is -0.490 e. The molecule has 0 spiro atoms. The van der Waals surface area contributed by atoms with Crippen molar-refractivity contribution in [3.8, 4) is 11.5 Å². The van der Waals surface area contributed by atoms with Crippen molar-refractivity contribution in [1.82, 2.24) is 14.9 Å². The summed E-state index contributed by atoms with van der Waals surface area (Å²) in [6.07, 6.45) is 6.91. The Bertz CT molecular complexity index is 741. The third kappa shape index (κ3) is 4.91. The lowest BCUT2D eigenvalue weighted by Gasteiger charge is -2.14. The summed E-state index contributed by atoms with van der Waals surface area (Å²) >= 11 is 0. The lowest BCUT2D eigenvalue weighted by molar-refractivity contribution is 0.297. The highest BCUT2D eigenvalue weighted by Gasteiger charge is 2.11. The van der Waals surface area contributed by atoms with E-state index in [1.807, 2.05) is 37.5 Å². The average molecular weight is 357 g/mol. The molecule has 0 radical (unpaired) electrons. The number of aryl methyl sites for hydroxylation is 2. The maximum absolute atomic E-state index is 5.73. The van der Waals surface area contributed by atoms with Gasteiger partial charge in [-0.1, -0.05) is 0 Å². The summed E-state index contributed by atoms with van der Waals surface area (Å²) in [4.78, 5) is 8.52. The Labute approximate surface area is 154 Å². The smallest absolute Gasteiger partial charge is 0.195 e. The number of anilines is 1. The van der Waals surface area contributed by atoms with Gasteiger partial charge in [0, 0.05) is 50.7 Å². The summed E-state index contributed by atoms with van der Waals surface area (Å²) in [5.41, 5.74) is 0.927. The highest BCUT2D eigenvalue weighted by Crippen LogP contribution is 2.32. The van der Waals surface area contributed by atoms with E-state index in [-0.39, 0.29) is 0 Å². The van der Waals surface area contributed by atoms with E-state index in [0.717, 1.165) is 61.3 Å². The van der Waals surface area contributed by atoms with Gasteiger partial charge in [-0.05, 0) is 31.9 Å². The van der Waals surface area contributed by atoms with Crippen LogP contribution < -0.4 is 20.1 Å². The molecule has 7 nitrogen and oxygen atoms in total. The van der Waals surface area contributed by atoms with Gasteiger partial charge >= 0.3 is 0 Å². The van der Waals surface area contributed by atoms with Crippen molar-refractivity contribution in [1.29, 1.82) is 0 Å². The second-order valence-corrected chi connectivity index (χ2v) is 6.21. The van der Waals surface area contributed by atoms with Crippen molar-refractivity contribution in [2.45, 2.75) is 32.7 Å². The van der Waals surface area contributed by atoms with Crippen LogP contribution in [-0.4, -0.2) is 42.3 Å². The molecule has 2 heterocycles. The van der Waals surface area contributed by atoms with Gasteiger partial charge in [-0.2, -0.15) is 0 Å². The number of nitrogens with one attached hydrogen (secondary N) is 2. The molecule has 1 aliphatic rings. The first-order valence-electron chi connectivity index (χ1n) is 9.11. The Morgan fingerprint density at radius 3 is 2.85 bits per heavy atom. The fourth-order valence-corrected chi connectivity index (χ4v) is 2.81. The fourth-order valence-electron chi connectivity index (χ4n) is 2.81. The number of hydrogen-bond acceptors (Lipinski definition) is 4. The molecule has 1 aromatic carbocycles. The average Bonchev–Trinajstić information content (AvgIpc) is 2.92. The van der Waals surface area contributed by atoms with E-state index in [1.54, 1.807) is 7.05 Å². The van der Waals surface area contributed by atoms with E-state index in [9.17, 15) is 0 Å². The maximum Gasteiger partial charge on any atom is 0.195 e. The van der Waals surface area contributed by atoms with Crippen LogP contribution in [0.25, 0.3) is 0 Å². The third-order valence-electron chi connectivity index (χ3n) is 4.28. The maximum atomic E-state index is 5.73. The first kappa shape index (κ1) is 18.1. The normalized spacial score (nSPS) is 14.0. The zero-order valence-electron chi connectivity index (χ0n) is 15.5. The lowest BCUT2D eigenvalue weighted by Crippen LogP contribution is -2.31. The molecule has 0 unspecified atom stereocenters. The molecule has 1 aliphatic heterocycles. The van der Waals surface area contributed by atoms with Crippen LogP contribution in [0.1, 0.15) is 25.1 Å². The van der Waals surface area contributed by atoms with E-state index < -0.39 is 0 Å². The van der Waals surface area contributed by atoms with Crippen LogP contribution in [0, 0.1) is 6.92 Å². The van der Waals surface area contributed by atoms with Crippen LogP contribution >= 0.6 is 0 Å². The summed E-state index contributed by atoms with van der Waals surface area (Å²) < 4.78 is 13.6. The molecule has 0 fully saturated rings. The van der Waals surface area contributed by atoms with Crippen molar-refractivity contribution >= 4 is 11.6 Å². The standard InChI is InChI=1S/C19H27N5O2/c1-15-21-9-11-24(15)10-4-3-8-22-19(20-2)23-16-6-7-17-18(14-16)26-13-5-12-25-17/h6-7,9,11,14H,3-5,8,10,12-13H2,1-2H3,(H2,20,22,23). The van der Waals surface area contributed by atoms with Crippen molar-refractivity contribution in [3.05, 3.63) is 36.4 Å². The third-order valence-corrected chi connectivity index (χ3v) is 4.28. The van der Waals surface area contributed by atoms with Gasteiger partial charge in [-0.25, -0.2) is 4.98 Å². The first-order chi connectivity index (χ1) is 12.8. The number of aliphatic imine (C=N–C) groups is 1. The van der Waals surface area contributed by atoms with E-state index >= 15 is 0 Å². The van der Waals surface area contributed by atoms with Crippen LogP contribution in [0.5, 0.6) is 11.5 Å². The highest BCUT2D eigenvalue weighted by atomic mass is 16.5. The van der Waals surface area contributed by atoms with Gasteiger partial charge in [0.25, 0.3) is 0 Å². The Kier molecular flexibility index (Phi) is 6.35. The number of aromatic nitrogens is 2. The van der Waals surface area contributed by atoms with Crippen LogP contribution in [0.4, 0.5) is 5.69 Å². The van der Waals surface area contributed by atoms with Gasteiger partial charge < -0.3 is 24.7 Å². The zero-order chi connectivity index (χ0) is 18.2. The Morgan fingerprint density at radius 2 is 2.08 bits per heavy atom. The molecular weight excluding hydrogens is 330 g/mol. The van der Waals surface area contributed by atoms with E-state index in [1.165, 1.54) is 0 Å². The molecule has 1 aromatic heterocycles. The number of rotatable bonds is 6. The molecule has 2 N–H and O–H groups in total. The summed E-state index contributed by atoms with van der Waals surface area (Å²) in [6.45, 7) is 5.25. The molecule has 0 aliphatic carbocycles. The molecule has 0 atom stereocenters. The second kappa shape index (κ2) is 9.12. The van der Waals surface area contributed by atoms with Crippen molar-refractivity contribution in [2.24, 2.45) is 4.99 Å².